The van der Waals surface area contributed by atoms with Crippen LogP contribution in [0.4, 0.5) is 5.82 Å². The summed E-state index contributed by atoms with van der Waals surface area (Å²) in [7, 11) is 1.52. The lowest BCUT2D eigenvalue weighted by Crippen LogP contribution is -2.14. The van der Waals surface area contributed by atoms with E-state index in [1.165, 1.54) is 29.5 Å². The van der Waals surface area contributed by atoms with E-state index in [4.69, 9.17) is 5.21 Å². The molecule has 80 valence electrons. The smallest absolute Gasteiger partial charge is 0.358 e. The third-order valence-electron chi connectivity index (χ3n) is 1.53. The molecule has 1 aromatic rings. The van der Waals surface area contributed by atoms with Crippen molar-refractivity contribution >= 4 is 17.8 Å². The van der Waals surface area contributed by atoms with E-state index in [9.17, 15) is 14.9 Å². The van der Waals surface area contributed by atoms with Gasteiger partial charge in [-0.3, -0.25) is 10.0 Å². The average Bonchev–Trinajstić information content (AvgIpc) is 2.56. The number of aryl methyl sites for hydroxylation is 1. The summed E-state index contributed by atoms with van der Waals surface area (Å²) in [5.74, 6) is -1.12. The highest BCUT2D eigenvalue weighted by Gasteiger charge is 2.16. The van der Waals surface area contributed by atoms with Crippen molar-refractivity contribution in [2.75, 3.05) is 0 Å². The topological polar surface area (TPSA) is 110 Å². The SMILES string of the molecule is Cn1cc(/C=C/C(=O)NO)c([N+](=O)[O-])n1. The van der Waals surface area contributed by atoms with Gasteiger partial charge in [0.2, 0.25) is 0 Å². The van der Waals surface area contributed by atoms with Crippen molar-refractivity contribution in [1.29, 1.82) is 0 Å². The summed E-state index contributed by atoms with van der Waals surface area (Å²) in [6.45, 7) is 0. The molecule has 0 bridgehead atoms. The maximum atomic E-state index is 10.6. The Hall–Kier alpha value is -2.22. The maximum Gasteiger partial charge on any atom is 0.397 e. The van der Waals surface area contributed by atoms with Crippen molar-refractivity contribution in [3.8, 4) is 0 Å². The van der Waals surface area contributed by atoms with E-state index in [0.717, 1.165) is 6.08 Å². The van der Waals surface area contributed by atoms with Crippen molar-refractivity contribution in [2.24, 2.45) is 7.05 Å². The number of nitrogens with one attached hydrogen (secondary N) is 1. The first-order valence-corrected chi connectivity index (χ1v) is 3.84. The minimum atomic E-state index is -0.770. The Balaban J connectivity index is 2.98. The first kappa shape index (κ1) is 10.9. The van der Waals surface area contributed by atoms with Crippen molar-refractivity contribution < 1.29 is 14.9 Å². The summed E-state index contributed by atoms with van der Waals surface area (Å²) >= 11 is 0. The van der Waals surface area contributed by atoms with Gasteiger partial charge in [-0.1, -0.05) is 0 Å². The zero-order valence-electron chi connectivity index (χ0n) is 7.75. The van der Waals surface area contributed by atoms with Gasteiger partial charge < -0.3 is 10.1 Å². The van der Waals surface area contributed by atoms with E-state index in [1.54, 1.807) is 0 Å². The second kappa shape index (κ2) is 4.33. The van der Waals surface area contributed by atoms with E-state index >= 15 is 0 Å². The zero-order chi connectivity index (χ0) is 11.4. The van der Waals surface area contributed by atoms with Gasteiger partial charge in [-0.15, -0.1) is 0 Å². The molecule has 1 heterocycles. The van der Waals surface area contributed by atoms with Gasteiger partial charge in [0.1, 0.15) is 0 Å². The van der Waals surface area contributed by atoms with Crippen LogP contribution >= 0.6 is 0 Å². The normalized spacial score (nSPS) is 10.5. The molecule has 0 spiro atoms. The zero-order valence-corrected chi connectivity index (χ0v) is 7.75. The van der Waals surface area contributed by atoms with E-state index < -0.39 is 10.8 Å². The van der Waals surface area contributed by atoms with Crippen LogP contribution in [-0.4, -0.2) is 25.8 Å². The molecular formula is C7H8N4O4. The Kier molecular flexibility index (Phi) is 3.13. The standard InChI is InChI=1S/C7H8N4O4/c1-10-4-5(2-3-6(12)9-13)7(8-10)11(14)15/h2-4,13H,1H3,(H,9,12)/b3-2+. The van der Waals surface area contributed by atoms with Crippen LogP contribution in [-0.2, 0) is 11.8 Å². The summed E-state index contributed by atoms with van der Waals surface area (Å²) in [5.41, 5.74) is 1.55. The maximum absolute atomic E-state index is 10.6. The van der Waals surface area contributed by atoms with Crippen LogP contribution in [0.5, 0.6) is 0 Å². The fourth-order valence-electron chi connectivity index (χ4n) is 0.957. The molecule has 8 nitrogen and oxygen atoms in total. The van der Waals surface area contributed by atoms with Crippen molar-refractivity contribution in [3.05, 3.63) is 28.0 Å². The van der Waals surface area contributed by atoms with E-state index in [0.29, 0.717) is 0 Å². The molecule has 0 saturated heterocycles. The monoisotopic (exact) mass is 212 g/mol. The van der Waals surface area contributed by atoms with Crippen molar-refractivity contribution in [2.45, 2.75) is 0 Å². The number of amides is 1. The highest BCUT2D eigenvalue weighted by atomic mass is 16.6. The number of hydrogen-bond donors (Lipinski definition) is 2. The molecule has 0 saturated carbocycles. The van der Waals surface area contributed by atoms with Crippen LogP contribution in [0.1, 0.15) is 5.56 Å². The van der Waals surface area contributed by atoms with Gasteiger partial charge >= 0.3 is 5.82 Å². The molecule has 1 aromatic heterocycles. The third-order valence-corrected chi connectivity index (χ3v) is 1.53. The van der Waals surface area contributed by atoms with Gasteiger partial charge in [-0.2, -0.15) is 4.68 Å². The van der Waals surface area contributed by atoms with Crippen molar-refractivity contribution in [1.82, 2.24) is 15.3 Å². The van der Waals surface area contributed by atoms with Gasteiger partial charge in [-0.05, 0) is 11.0 Å². The van der Waals surface area contributed by atoms with Gasteiger partial charge in [0.25, 0.3) is 5.91 Å². The quantitative estimate of drug-likeness (QED) is 0.313. The number of carbonyl (C=O) groups excluding carboxylic acids is 1. The molecule has 8 heteroatoms. The van der Waals surface area contributed by atoms with Crippen molar-refractivity contribution in [3.63, 3.8) is 0 Å². The Labute approximate surface area is 83.9 Å². The molecule has 0 aliphatic carbocycles. The van der Waals surface area contributed by atoms with Gasteiger partial charge in [0.05, 0.1) is 23.9 Å². The molecule has 2 N–H and O–H groups in total. The number of rotatable bonds is 3. The first-order chi connectivity index (χ1) is 7.04. The van der Waals surface area contributed by atoms with Crippen LogP contribution in [0, 0.1) is 10.1 Å². The molecule has 0 radical (unpaired) electrons. The number of carbonyl (C=O) groups is 1. The predicted octanol–water partition coefficient (Wildman–Crippen LogP) is -0.153. The molecule has 0 aromatic carbocycles. The van der Waals surface area contributed by atoms with Crippen LogP contribution in [0.2, 0.25) is 0 Å². The molecule has 0 fully saturated rings. The first-order valence-electron chi connectivity index (χ1n) is 3.84. The largest absolute Gasteiger partial charge is 0.397 e. The Morgan fingerprint density at radius 2 is 2.47 bits per heavy atom. The van der Waals surface area contributed by atoms with Crippen LogP contribution in [0.25, 0.3) is 6.08 Å². The molecule has 15 heavy (non-hydrogen) atoms. The number of hydrogen-bond acceptors (Lipinski definition) is 5. The molecule has 0 unspecified atom stereocenters. The van der Waals surface area contributed by atoms with E-state index in [-0.39, 0.29) is 11.4 Å². The molecule has 1 rings (SSSR count). The average molecular weight is 212 g/mol. The number of hydroxylamine groups is 1. The van der Waals surface area contributed by atoms with Gasteiger partial charge in [0.15, 0.2) is 0 Å². The van der Waals surface area contributed by atoms with Gasteiger partial charge in [0, 0.05) is 6.08 Å². The summed E-state index contributed by atoms with van der Waals surface area (Å²) < 4.78 is 1.26. The number of nitro groups is 1. The lowest BCUT2D eigenvalue weighted by atomic mass is 10.3. The van der Waals surface area contributed by atoms with E-state index in [2.05, 4.69) is 5.10 Å². The molecule has 0 atom stereocenters. The van der Waals surface area contributed by atoms with E-state index in [1.807, 2.05) is 0 Å². The Bertz CT molecular complexity index is 423. The van der Waals surface area contributed by atoms with Crippen LogP contribution in [0.3, 0.4) is 0 Å². The molecule has 0 aliphatic heterocycles. The summed E-state index contributed by atoms with van der Waals surface area (Å²) in [5, 5.41) is 22.3. The predicted molar refractivity (Wildman–Crippen MR) is 48.8 cm³/mol. The lowest BCUT2D eigenvalue weighted by molar-refractivity contribution is -0.390. The minimum absolute atomic E-state index is 0.186. The third kappa shape index (κ3) is 2.61. The van der Waals surface area contributed by atoms with Crippen LogP contribution < -0.4 is 5.48 Å². The molecular weight excluding hydrogens is 204 g/mol. The second-order valence-corrected chi connectivity index (χ2v) is 2.65. The molecule has 1 amide bonds. The Morgan fingerprint density at radius 3 is 3.00 bits per heavy atom. The van der Waals surface area contributed by atoms with Gasteiger partial charge in [-0.25, -0.2) is 5.48 Å². The highest BCUT2D eigenvalue weighted by molar-refractivity contribution is 5.91. The summed E-state index contributed by atoms with van der Waals surface area (Å²) in [6.07, 6.45) is 3.54. The highest BCUT2D eigenvalue weighted by Crippen LogP contribution is 2.16. The number of nitrogens with zero attached hydrogens (tertiary/aromatic N) is 3. The minimum Gasteiger partial charge on any atom is -0.358 e. The fourth-order valence-corrected chi connectivity index (χ4v) is 0.957. The number of aromatic nitrogens is 2. The molecule has 0 aliphatic rings. The Morgan fingerprint density at radius 1 is 1.80 bits per heavy atom. The second-order valence-electron chi connectivity index (χ2n) is 2.65. The lowest BCUT2D eigenvalue weighted by Gasteiger charge is -1.89. The summed E-state index contributed by atoms with van der Waals surface area (Å²) in [6, 6.07) is 0. The van der Waals surface area contributed by atoms with Crippen LogP contribution in [0.15, 0.2) is 12.3 Å². The summed E-state index contributed by atoms with van der Waals surface area (Å²) in [4.78, 5) is 20.5. The fraction of sp³-hybridized carbons (Fsp3) is 0.143.